The Morgan fingerprint density at radius 2 is 2.09 bits per heavy atom. The van der Waals surface area contributed by atoms with Gasteiger partial charge in [0.05, 0.1) is 24.6 Å². The lowest BCUT2D eigenvalue weighted by atomic mass is 9.99. The van der Waals surface area contributed by atoms with Gasteiger partial charge < -0.3 is 20.3 Å². The standard InChI is InChI=1S/C28H31N5O2/c1-18(16-29)17-30-27-23-15-21(9-8-20(23)10-11-26(27)35-4)24-6-5-7-25(32-24)28(34)31-22-12-13-33(3)19(2)14-22/h5-11,15,19,22,30H,1,12-14,17H2,2-4H3,(H,31,34)/t19-,22+/m0/s1. The first-order valence-electron chi connectivity index (χ1n) is 11.8. The molecule has 180 valence electrons. The summed E-state index contributed by atoms with van der Waals surface area (Å²) < 4.78 is 5.56. The summed E-state index contributed by atoms with van der Waals surface area (Å²) in [6.45, 7) is 7.23. The predicted molar refractivity (Wildman–Crippen MR) is 140 cm³/mol. The molecule has 1 aliphatic rings. The highest BCUT2D eigenvalue weighted by molar-refractivity contribution is 5.99. The molecule has 4 rings (SSSR count). The summed E-state index contributed by atoms with van der Waals surface area (Å²) in [5, 5.41) is 17.5. The van der Waals surface area contributed by atoms with Crippen molar-refractivity contribution in [2.75, 3.05) is 32.6 Å². The molecule has 1 aromatic heterocycles. The third kappa shape index (κ3) is 5.44. The lowest BCUT2D eigenvalue weighted by molar-refractivity contribution is 0.0891. The lowest BCUT2D eigenvalue weighted by Crippen LogP contribution is -2.47. The van der Waals surface area contributed by atoms with Crippen LogP contribution in [0.15, 0.2) is 60.7 Å². The number of anilines is 1. The average Bonchev–Trinajstić information content (AvgIpc) is 2.88. The van der Waals surface area contributed by atoms with E-state index in [4.69, 9.17) is 10.00 Å². The van der Waals surface area contributed by atoms with Crippen molar-refractivity contribution in [3.05, 3.63) is 66.4 Å². The summed E-state index contributed by atoms with van der Waals surface area (Å²) in [6, 6.07) is 18.1. The predicted octanol–water partition coefficient (Wildman–Crippen LogP) is 4.61. The number of nitrogens with zero attached hydrogens (tertiary/aromatic N) is 3. The highest BCUT2D eigenvalue weighted by atomic mass is 16.5. The lowest BCUT2D eigenvalue weighted by Gasteiger charge is -2.35. The number of fused-ring (bicyclic) bond motifs is 1. The molecule has 1 saturated heterocycles. The van der Waals surface area contributed by atoms with Crippen LogP contribution in [0.4, 0.5) is 5.69 Å². The molecule has 7 heteroatoms. The Morgan fingerprint density at radius 1 is 1.29 bits per heavy atom. The molecule has 0 aliphatic carbocycles. The van der Waals surface area contributed by atoms with Gasteiger partial charge in [0.25, 0.3) is 5.91 Å². The molecule has 0 radical (unpaired) electrons. The number of likely N-dealkylation sites (tertiary alicyclic amines) is 1. The third-order valence-corrected chi connectivity index (χ3v) is 6.66. The number of nitriles is 1. The average molecular weight is 470 g/mol. The Hall–Kier alpha value is -3.89. The highest BCUT2D eigenvalue weighted by Gasteiger charge is 2.24. The van der Waals surface area contributed by atoms with Crippen LogP contribution in [0.5, 0.6) is 5.75 Å². The molecule has 35 heavy (non-hydrogen) atoms. The molecular formula is C28H31N5O2. The van der Waals surface area contributed by atoms with Crippen LogP contribution in [0, 0.1) is 11.3 Å². The fraction of sp³-hybridized carbons (Fsp3) is 0.321. The minimum absolute atomic E-state index is 0.145. The van der Waals surface area contributed by atoms with Crippen LogP contribution in [0.2, 0.25) is 0 Å². The summed E-state index contributed by atoms with van der Waals surface area (Å²) in [6.07, 6.45) is 1.87. The van der Waals surface area contributed by atoms with Gasteiger partial charge >= 0.3 is 0 Å². The summed E-state index contributed by atoms with van der Waals surface area (Å²) >= 11 is 0. The van der Waals surface area contributed by atoms with Gasteiger partial charge in [-0.15, -0.1) is 0 Å². The van der Waals surface area contributed by atoms with Gasteiger partial charge in [-0.2, -0.15) is 5.26 Å². The second-order valence-corrected chi connectivity index (χ2v) is 9.08. The molecule has 1 fully saturated rings. The number of hydrogen-bond acceptors (Lipinski definition) is 6. The molecule has 2 aromatic carbocycles. The first-order valence-corrected chi connectivity index (χ1v) is 11.8. The molecule has 1 aliphatic heterocycles. The van der Waals surface area contributed by atoms with Crippen molar-refractivity contribution >= 4 is 22.4 Å². The topological polar surface area (TPSA) is 90.3 Å². The van der Waals surface area contributed by atoms with Crippen molar-refractivity contribution in [1.82, 2.24) is 15.2 Å². The minimum Gasteiger partial charge on any atom is -0.495 e. The quantitative estimate of drug-likeness (QED) is 0.491. The number of nitrogens with one attached hydrogen (secondary N) is 2. The van der Waals surface area contributed by atoms with Crippen molar-refractivity contribution in [2.45, 2.75) is 31.8 Å². The van der Waals surface area contributed by atoms with Crippen molar-refractivity contribution in [1.29, 1.82) is 5.26 Å². The zero-order chi connectivity index (χ0) is 24.9. The summed E-state index contributed by atoms with van der Waals surface area (Å²) in [7, 11) is 3.73. The molecule has 0 bridgehead atoms. The van der Waals surface area contributed by atoms with Crippen LogP contribution >= 0.6 is 0 Å². The van der Waals surface area contributed by atoms with Gasteiger partial charge in [0.15, 0.2) is 0 Å². The number of benzene rings is 2. The van der Waals surface area contributed by atoms with Crippen molar-refractivity contribution in [3.63, 3.8) is 0 Å². The van der Waals surface area contributed by atoms with Crippen molar-refractivity contribution in [3.8, 4) is 23.1 Å². The molecular weight excluding hydrogens is 438 g/mol. The summed E-state index contributed by atoms with van der Waals surface area (Å²) in [4.78, 5) is 20.0. The highest BCUT2D eigenvalue weighted by Crippen LogP contribution is 2.35. The van der Waals surface area contributed by atoms with E-state index in [1.807, 2.05) is 42.5 Å². The molecule has 0 spiro atoms. The van der Waals surface area contributed by atoms with E-state index in [1.54, 1.807) is 13.2 Å². The molecule has 1 amide bonds. The van der Waals surface area contributed by atoms with Crippen LogP contribution in [0.3, 0.4) is 0 Å². The number of methoxy groups -OCH3 is 1. The van der Waals surface area contributed by atoms with Crippen LogP contribution < -0.4 is 15.4 Å². The molecule has 0 unspecified atom stereocenters. The van der Waals surface area contributed by atoms with Crippen LogP contribution in [-0.2, 0) is 0 Å². The number of ether oxygens (including phenoxy) is 1. The summed E-state index contributed by atoms with van der Waals surface area (Å²) in [5.74, 6) is 0.530. The normalized spacial score (nSPS) is 18.0. The number of carbonyl (C=O) groups excluding carboxylic acids is 1. The maximum absolute atomic E-state index is 13.0. The van der Waals surface area contributed by atoms with Gasteiger partial charge in [0, 0.05) is 41.7 Å². The van der Waals surface area contributed by atoms with E-state index in [1.165, 1.54) is 0 Å². The first kappa shape index (κ1) is 24.2. The van der Waals surface area contributed by atoms with Crippen LogP contribution in [0.25, 0.3) is 22.0 Å². The van der Waals surface area contributed by atoms with E-state index in [2.05, 4.69) is 47.1 Å². The number of rotatable bonds is 7. The Kier molecular flexibility index (Phi) is 7.33. The van der Waals surface area contributed by atoms with Gasteiger partial charge in [-0.05, 0) is 56.5 Å². The zero-order valence-electron chi connectivity index (χ0n) is 20.5. The molecule has 2 N–H and O–H groups in total. The van der Waals surface area contributed by atoms with Gasteiger partial charge in [-0.3, -0.25) is 4.79 Å². The van der Waals surface area contributed by atoms with E-state index in [9.17, 15) is 4.79 Å². The number of carbonyl (C=O) groups is 1. The van der Waals surface area contributed by atoms with E-state index < -0.39 is 0 Å². The number of hydrogen-bond donors (Lipinski definition) is 2. The Bertz CT molecular complexity index is 1300. The van der Waals surface area contributed by atoms with Gasteiger partial charge in [-0.25, -0.2) is 4.98 Å². The molecule has 2 heterocycles. The van der Waals surface area contributed by atoms with Crippen molar-refractivity contribution < 1.29 is 9.53 Å². The number of amides is 1. The largest absolute Gasteiger partial charge is 0.495 e. The fourth-order valence-electron chi connectivity index (χ4n) is 4.45. The van der Waals surface area contributed by atoms with Crippen LogP contribution in [0.1, 0.15) is 30.3 Å². The number of aromatic nitrogens is 1. The molecule has 3 aromatic rings. The van der Waals surface area contributed by atoms with E-state index in [0.29, 0.717) is 35.3 Å². The molecule has 7 nitrogen and oxygen atoms in total. The van der Waals surface area contributed by atoms with Gasteiger partial charge in [0.2, 0.25) is 0 Å². The monoisotopic (exact) mass is 469 g/mol. The number of pyridine rings is 1. The maximum Gasteiger partial charge on any atom is 0.270 e. The second-order valence-electron chi connectivity index (χ2n) is 9.08. The third-order valence-electron chi connectivity index (χ3n) is 6.66. The van der Waals surface area contributed by atoms with E-state index >= 15 is 0 Å². The van der Waals surface area contributed by atoms with Gasteiger partial charge in [-0.1, -0.05) is 30.8 Å². The van der Waals surface area contributed by atoms with Gasteiger partial charge in [0.1, 0.15) is 11.4 Å². The minimum atomic E-state index is -0.145. The SMILES string of the molecule is C=C(C#N)CNc1c(OC)ccc2ccc(-c3cccc(C(=O)N[C@@H]4CCN(C)[C@@H](C)C4)n3)cc12. The van der Waals surface area contributed by atoms with Crippen molar-refractivity contribution in [2.24, 2.45) is 0 Å². The second kappa shape index (κ2) is 10.6. The molecule has 2 atom stereocenters. The summed E-state index contributed by atoms with van der Waals surface area (Å²) in [5.41, 5.74) is 3.22. The zero-order valence-corrected chi connectivity index (χ0v) is 20.5. The first-order chi connectivity index (χ1) is 16.9. The fourth-order valence-corrected chi connectivity index (χ4v) is 4.45. The van der Waals surface area contributed by atoms with E-state index in [0.717, 1.165) is 41.4 Å². The Labute approximate surface area is 206 Å². The smallest absolute Gasteiger partial charge is 0.270 e. The van der Waals surface area contributed by atoms with E-state index in [-0.39, 0.29) is 11.9 Å². The molecule has 0 saturated carbocycles. The number of piperidine rings is 1. The van der Waals surface area contributed by atoms with Crippen LogP contribution in [-0.4, -0.2) is 55.1 Å². The Morgan fingerprint density at radius 3 is 2.83 bits per heavy atom. The Balaban J connectivity index is 1.62. The maximum atomic E-state index is 13.0.